The number of hydrogen-bond acceptors (Lipinski definition) is 4. The zero-order valence-corrected chi connectivity index (χ0v) is 12.2. The van der Waals surface area contributed by atoms with Crippen LogP contribution in [0.5, 0.6) is 5.75 Å². The number of carbonyl (C=O) groups excluding carboxylic acids is 1. The van der Waals surface area contributed by atoms with Gasteiger partial charge < -0.3 is 19.8 Å². The SMILES string of the molecule is COc1ccc(C(=O)N2CCC(C)(O)C2)cc1C#CCO. The fourth-order valence-corrected chi connectivity index (χ4v) is 2.37. The van der Waals surface area contributed by atoms with Gasteiger partial charge in [0.2, 0.25) is 0 Å². The van der Waals surface area contributed by atoms with E-state index in [2.05, 4.69) is 11.8 Å². The van der Waals surface area contributed by atoms with E-state index in [0.717, 1.165) is 0 Å². The largest absolute Gasteiger partial charge is 0.495 e. The highest BCUT2D eigenvalue weighted by molar-refractivity contribution is 5.95. The summed E-state index contributed by atoms with van der Waals surface area (Å²) >= 11 is 0. The highest BCUT2D eigenvalue weighted by Crippen LogP contribution is 2.24. The molecule has 5 nitrogen and oxygen atoms in total. The van der Waals surface area contributed by atoms with Crippen molar-refractivity contribution >= 4 is 5.91 Å². The van der Waals surface area contributed by atoms with Crippen LogP contribution in [-0.2, 0) is 0 Å². The third-order valence-corrected chi connectivity index (χ3v) is 3.49. The minimum Gasteiger partial charge on any atom is -0.495 e. The second kappa shape index (κ2) is 6.17. The molecule has 2 N–H and O–H groups in total. The van der Waals surface area contributed by atoms with Crippen molar-refractivity contribution in [3.05, 3.63) is 29.3 Å². The molecule has 21 heavy (non-hydrogen) atoms. The molecule has 1 aliphatic heterocycles. The lowest BCUT2D eigenvalue weighted by Gasteiger charge is -2.19. The fraction of sp³-hybridized carbons (Fsp3) is 0.438. The molecule has 1 heterocycles. The highest BCUT2D eigenvalue weighted by atomic mass is 16.5. The van der Waals surface area contributed by atoms with E-state index in [1.54, 1.807) is 30.0 Å². The molecule has 1 atom stereocenters. The Morgan fingerprint density at radius 3 is 2.86 bits per heavy atom. The number of aliphatic hydroxyl groups excluding tert-OH is 1. The van der Waals surface area contributed by atoms with Gasteiger partial charge in [0.1, 0.15) is 12.4 Å². The van der Waals surface area contributed by atoms with Crippen molar-refractivity contribution in [2.75, 3.05) is 26.8 Å². The van der Waals surface area contributed by atoms with Gasteiger partial charge in [0.05, 0.1) is 18.3 Å². The molecule has 1 saturated heterocycles. The maximum atomic E-state index is 12.4. The molecule has 0 aromatic heterocycles. The molecule has 0 saturated carbocycles. The van der Waals surface area contributed by atoms with Gasteiger partial charge in [-0.15, -0.1) is 0 Å². The first-order valence-electron chi connectivity index (χ1n) is 6.76. The Hall–Kier alpha value is -2.03. The van der Waals surface area contributed by atoms with Crippen LogP contribution in [0.2, 0.25) is 0 Å². The van der Waals surface area contributed by atoms with Gasteiger partial charge in [-0.05, 0) is 31.5 Å². The number of hydrogen-bond donors (Lipinski definition) is 2. The molecule has 1 amide bonds. The Labute approximate surface area is 124 Å². The van der Waals surface area contributed by atoms with Gasteiger partial charge in [-0.1, -0.05) is 11.8 Å². The van der Waals surface area contributed by atoms with E-state index in [1.807, 2.05) is 0 Å². The molecule has 5 heteroatoms. The standard InChI is InChI=1S/C16H19NO4/c1-16(20)7-8-17(11-16)15(19)13-5-6-14(21-2)12(10-13)4-3-9-18/h5-6,10,18,20H,7-9,11H2,1-2H3. The van der Waals surface area contributed by atoms with E-state index in [1.165, 1.54) is 7.11 Å². The number of nitrogens with zero attached hydrogens (tertiary/aromatic N) is 1. The van der Waals surface area contributed by atoms with Crippen LogP contribution in [0.15, 0.2) is 18.2 Å². The van der Waals surface area contributed by atoms with E-state index >= 15 is 0 Å². The summed E-state index contributed by atoms with van der Waals surface area (Å²) in [6, 6.07) is 5.01. The molecule has 1 aliphatic rings. The van der Waals surface area contributed by atoms with Gasteiger partial charge in [0.25, 0.3) is 5.91 Å². The Kier molecular flexibility index (Phi) is 4.51. The minimum absolute atomic E-state index is 0.137. The number of rotatable bonds is 2. The predicted octanol–water partition coefficient (Wildman–Crippen LogP) is 0.636. The number of aliphatic hydroxyl groups is 2. The van der Waals surface area contributed by atoms with Crippen molar-refractivity contribution < 1.29 is 19.7 Å². The number of benzene rings is 1. The number of amides is 1. The van der Waals surface area contributed by atoms with E-state index in [9.17, 15) is 9.90 Å². The first kappa shape index (κ1) is 15.4. The van der Waals surface area contributed by atoms with Crippen LogP contribution in [0, 0.1) is 11.8 Å². The molecule has 0 aliphatic carbocycles. The second-order valence-corrected chi connectivity index (χ2v) is 5.35. The maximum Gasteiger partial charge on any atom is 0.254 e. The summed E-state index contributed by atoms with van der Waals surface area (Å²) in [6.07, 6.45) is 0.575. The molecule has 1 unspecified atom stereocenters. The number of carbonyl (C=O) groups is 1. The lowest BCUT2D eigenvalue weighted by Crippen LogP contribution is -2.33. The topological polar surface area (TPSA) is 70.0 Å². The third kappa shape index (κ3) is 3.54. The molecule has 0 radical (unpaired) electrons. The number of likely N-dealkylation sites (tertiary alicyclic amines) is 1. The Balaban J connectivity index is 2.26. The van der Waals surface area contributed by atoms with E-state index in [4.69, 9.17) is 9.84 Å². The Morgan fingerprint density at radius 1 is 1.52 bits per heavy atom. The summed E-state index contributed by atoms with van der Waals surface area (Å²) in [6.45, 7) is 2.34. The van der Waals surface area contributed by atoms with Gasteiger partial charge in [-0.25, -0.2) is 0 Å². The summed E-state index contributed by atoms with van der Waals surface area (Å²) in [7, 11) is 1.53. The second-order valence-electron chi connectivity index (χ2n) is 5.35. The summed E-state index contributed by atoms with van der Waals surface area (Å²) in [5, 5.41) is 18.7. The summed E-state index contributed by atoms with van der Waals surface area (Å²) < 4.78 is 5.19. The quantitative estimate of drug-likeness (QED) is 0.784. The molecule has 0 spiro atoms. The van der Waals surface area contributed by atoms with E-state index in [0.29, 0.717) is 36.4 Å². The van der Waals surface area contributed by atoms with Crippen molar-refractivity contribution in [2.45, 2.75) is 18.9 Å². The summed E-state index contributed by atoms with van der Waals surface area (Å²) in [4.78, 5) is 14.1. The van der Waals surface area contributed by atoms with Crippen LogP contribution in [0.1, 0.15) is 29.3 Å². The zero-order chi connectivity index (χ0) is 15.5. The van der Waals surface area contributed by atoms with Crippen LogP contribution >= 0.6 is 0 Å². The summed E-state index contributed by atoms with van der Waals surface area (Å²) in [5.74, 6) is 5.74. The molecular formula is C16H19NO4. The summed E-state index contributed by atoms with van der Waals surface area (Å²) in [5.41, 5.74) is 0.237. The smallest absolute Gasteiger partial charge is 0.254 e. The average molecular weight is 289 g/mol. The van der Waals surface area contributed by atoms with Crippen LogP contribution in [0.3, 0.4) is 0 Å². The van der Waals surface area contributed by atoms with Crippen LogP contribution in [-0.4, -0.2) is 53.4 Å². The van der Waals surface area contributed by atoms with Crippen LogP contribution < -0.4 is 4.74 Å². The molecule has 0 bridgehead atoms. The minimum atomic E-state index is -0.818. The normalized spacial score (nSPS) is 20.9. The van der Waals surface area contributed by atoms with Crippen molar-refractivity contribution in [3.63, 3.8) is 0 Å². The lowest BCUT2D eigenvalue weighted by molar-refractivity contribution is 0.0572. The Morgan fingerprint density at radius 2 is 2.29 bits per heavy atom. The predicted molar refractivity (Wildman–Crippen MR) is 78.1 cm³/mol. The maximum absolute atomic E-state index is 12.4. The molecular weight excluding hydrogens is 270 g/mol. The molecule has 1 aromatic carbocycles. The van der Waals surface area contributed by atoms with Gasteiger partial charge >= 0.3 is 0 Å². The monoisotopic (exact) mass is 289 g/mol. The Bertz CT molecular complexity index is 598. The van der Waals surface area contributed by atoms with Crippen molar-refractivity contribution in [1.82, 2.24) is 4.90 Å². The van der Waals surface area contributed by atoms with Crippen molar-refractivity contribution in [1.29, 1.82) is 0 Å². The van der Waals surface area contributed by atoms with E-state index < -0.39 is 5.60 Å². The number of β-amino-alcohol motifs (C(OH)–C–C–N with tert-alkyl or cyclic N) is 1. The highest BCUT2D eigenvalue weighted by Gasteiger charge is 2.34. The third-order valence-electron chi connectivity index (χ3n) is 3.49. The van der Waals surface area contributed by atoms with Crippen molar-refractivity contribution in [2.24, 2.45) is 0 Å². The van der Waals surface area contributed by atoms with Crippen molar-refractivity contribution in [3.8, 4) is 17.6 Å². The lowest BCUT2D eigenvalue weighted by atomic mass is 10.1. The van der Waals surface area contributed by atoms with Gasteiger partial charge in [0.15, 0.2) is 0 Å². The first-order valence-corrected chi connectivity index (χ1v) is 6.76. The van der Waals surface area contributed by atoms with Crippen LogP contribution in [0.4, 0.5) is 0 Å². The molecule has 112 valence electrons. The molecule has 1 aromatic rings. The first-order chi connectivity index (χ1) is 9.96. The van der Waals surface area contributed by atoms with Crippen LogP contribution in [0.25, 0.3) is 0 Å². The van der Waals surface area contributed by atoms with Gasteiger partial charge in [-0.2, -0.15) is 0 Å². The average Bonchev–Trinajstić information content (AvgIpc) is 2.84. The molecule has 2 rings (SSSR count). The van der Waals surface area contributed by atoms with E-state index in [-0.39, 0.29) is 12.5 Å². The van der Waals surface area contributed by atoms with Gasteiger partial charge in [-0.3, -0.25) is 4.79 Å². The fourth-order valence-electron chi connectivity index (χ4n) is 2.37. The zero-order valence-electron chi connectivity index (χ0n) is 12.2. The number of methoxy groups -OCH3 is 1. The number of ether oxygens (including phenoxy) is 1. The molecule has 1 fully saturated rings. The van der Waals surface area contributed by atoms with Gasteiger partial charge in [0, 0.05) is 18.7 Å².